The molecule has 146 valence electrons. The zero-order chi connectivity index (χ0) is 19.4. The largest absolute Gasteiger partial charge is 0.334 e. The lowest BCUT2D eigenvalue weighted by Crippen LogP contribution is -2.40. The Labute approximate surface area is 164 Å². The van der Waals surface area contributed by atoms with E-state index in [1.807, 2.05) is 18.2 Å². The Hall–Kier alpha value is -2.58. The van der Waals surface area contributed by atoms with Gasteiger partial charge in [0.05, 0.1) is 10.5 Å². The van der Waals surface area contributed by atoms with Gasteiger partial charge >= 0.3 is 0 Å². The average molecular weight is 398 g/mol. The first-order valence-electron chi connectivity index (χ1n) is 9.41. The molecule has 0 saturated carbocycles. The van der Waals surface area contributed by atoms with Gasteiger partial charge in [0.25, 0.3) is 5.89 Å². The van der Waals surface area contributed by atoms with Crippen LogP contribution in [0.3, 0.4) is 0 Å². The van der Waals surface area contributed by atoms with Crippen LogP contribution in [0.25, 0.3) is 11.5 Å². The molecule has 1 unspecified atom stereocenters. The number of benzene rings is 1. The molecular weight excluding hydrogens is 376 g/mol. The Bertz CT molecular complexity index is 1010. The predicted molar refractivity (Wildman–Crippen MR) is 104 cm³/mol. The number of sulfonamides is 1. The van der Waals surface area contributed by atoms with Crippen LogP contribution in [0.15, 0.2) is 64.3 Å². The van der Waals surface area contributed by atoms with Crippen LogP contribution in [-0.2, 0) is 16.4 Å². The highest BCUT2D eigenvalue weighted by molar-refractivity contribution is 7.89. The molecule has 0 radical (unpaired) electrons. The van der Waals surface area contributed by atoms with E-state index in [1.165, 1.54) is 0 Å². The molecule has 1 aliphatic rings. The summed E-state index contributed by atoms with van der Waals surface area (Å²) in [4.78, 5) is 8.84. The summed E-state index contributed by atoms with van der Waals surface area (Å²) in [5.41, 5.74) is 0.791. The molecule has 3 heterocycles. The molecule has 3 aromatic rings. The number of nitrogens with zero attached hydrogens (tertiary/aromatic N) is 4. The quantitative estimate of drug-likeness (QED) is 0.634. The molecule has 2 aromatic heterocycles. The number of aryl methyl sites for hydroxylation is 1. The van der Waals surface area contributed by atoms with Gasteiger partial charge in [-0.25, -0.2) is 8.42 Å². The molecule has 0 aliphatic carbocycles. The first-order valence-corrected chi connectivity index (χ1v) is 10.8. The summed E-state index contributed by atoms with van der Waals surface area (Å²) >= 11 is 0. The molecule has 0 spiro atoms. The van der Waals surface area contributed by atoms with Gasteiger partial charge in [0, 0.05) is 31.9 Å². The second-order valence-electron chi connectivity index (χ2n) is 6.98. The highest BCUT2D eigenvalue weighted by atomic mass is 32.2. The Balaban J connectivity index is 1.38. The molecule has 1 fully saturated rings. The monoisotopic (exact) mass is 398 g/mol. The van der Waals surface area contributed by atoms with Crippen molar-refractivity contribution >= 4 is 10.0 Å². The fraction of sp³-hybridized carbons (Fsp3) is 0.350. The van der Waals surface area contributed by atoms with Crippen LogP contribution < -0.4 is 0 Å². The molecule has 0 bridgehead atoms. The highest BCUT2D eigenvalue weighted by Gasteiger charge is 2.30. The molecule has 4 rings (SSSR count). The number of hydrogen-bond acceptors (Lipinski definition) is 6. The summed E-state index contributed by atoms with van der Waals surface area (Å²) < 4.78 is 32.6. The fourth-order valence-corrected chi connectivity index (χ4v) is 5.09. The summed E-state index contributed by atoms with van der Waals surface area (Å²) in [7, 11) is -3.43. The van der Waals surface area contributed by atoms with Crippen molar-refractivity contribution < 1.29 is 12.9 Å². The first-order chi connectivity index (χ1) is 13.6. The summed E-state index contributed by atoms with van der Waals surface area (Å²) in [6.07, 6.45) is 6.74. The van der Waals surface area contributed by atoms with Gasteiger partial charge in [0.15, 0.2) is 5.82 Å². The van der Waals surface area contributed by atoms with Crippen LogP contribution in [0.5, 0.6) is 0 Å². The van der Waals surface area contributed by atoms with Crippen LogP contribution >= 0.6 is 0 Å². The van der Waals surface area contributed by atoms with E-state index in [2.05, 4.69) is 15.1 Å². The summed E-state index contributed by atoms with van der Waals surface area (Å²) in [5, 5.41) is 4.05. The Morgan fingerprint density at radius 1 is 1.14 bits per heavy atom. The number of hydrogen-bond donors (Lipinski definition) is 0. The van der Waals surface area contributed by atoms with E-state index >= 15 is 0 Å². The zero-order valence-corrected chi connectivity index (χ0v) is 16.3. The Morgan fingerprint density at radius 2 is 2.00 bits per heavy atom. The zero-order valence-electron chi connectivity index (χ0n) is 15.4. The minimum absolute atomic E-state index is 0.285. The maximum Gasteiger partial charge on any atom is 0.259 e. The molecule has 7 nitrogen and oxygen atoms in total. The lowest BCUT2D eigenvalue weighted by molar-refractivity contribution is 0.254. The van der Waals surface area contributed by atoms with Crippen LogP contribution in [0.1, 0.15) is 25.1 Å². The predicted octanol–water partition coefficient (Wildman–Crippen LogP) is 3.17. The number of piperidine rings is 1. The summed E-state index contributed by atoms with van der Waals surface area (Å²) in [5.74, 6) is 1.38. The maximum absolute atomic E-state index is 12.8. The third-order valence-electron chi connectivity index (χ3n) is 5.02. The van der Waals surface area contributed by atoms with Crippen molar-refractivity contribution in [3.63, 3.8) is 0 Å². The second kappa shape index (κ2) is 8.20. The standard InChI is InChI=1S/C20H22N4O3S/c25-28(26,18-8-2-1-3-9-18)24-13-5-6-16(15-24)10-11-19-22-20(27-23-19)17-7-4-12-21-14-17/h1-4,7-9,12,14,16H,5-6,10-11,13,15H2. The lowest BCUT2D eigenvalue weighted by Gasteiger charge is -2.31. The summed E-state index contributed by atoms with van der Waals surface area (Å²) in [6, 6.07) is 12.3. The van der Waals surface area contributed by atoms with Crippen LogP contribution in [0.2, 0.25) is 0 Å². The van der Waals surface area contributed by atoms with E-state index in [9.17, 15) is 8.42 Å². The topological polar surface area (TPSA) is 89.2 Å². The molecule has 28 heavy (non-hydrogen) atoms. The van der Waals surface area contributed by atoms with Crippen LogP contribution in [0.4, 0.5) is 0 Å². The Kier molecular flexibility index (Phi) is 5.50. The molecule has 1 atom stereocenters. The minimum atomic E-state index is -3.43. The van der Waals surface area contributed by atoms with Crippen LogP contribution in [0, 0.1) is 5.92 Å². The van der Waals surface area contributed by atoms with Gasteiger partial charge in [0.1, 0.15) is 0 Å². The van der Waals surface area contributed by atoms with Gasteiger partial charge in [-0.3, -0.25) is 4.98 Å². The van der Waals surface area contributed by atoms with E-state index in [1.54, 1.807) is 41.0 Å². The van der Waals surface area contributed by atoms with Gasteiger partial charge in [-0.2, -0.15) is 9.29 Å². The van der Waals surface area contributed by atoms with Gasteiger partial charge in [0.2, 0.25) is 10.0 Å². The third-order valence-corrected chi connectivity index (χ3v) is 6.89. The SMILES string of the molecule is O=S(=O)(c1ccccc1)N1CCCC(CCc2noc(-c3cccnc3)n2)C1. The average Bonchev–Trinajstić information content (AvgIpc) is 3.23. The lowest BCUT2D eigenvalue weighted by atomic mass is 9.94. The molecule has 0 amide bonds. The van der Waals surface area contributed by atoms with E-state index in [4.69, 9.17) is 4.52 Å². The van der Waals surface area contributed by atoms with Crippen LogP contribution in [-0.4, -0.2) is 40.9 Å². The highest BCUT2D eigenvalue weighted by Crippen LogP contribution is 2.26. The minimum Gasteiger partial charge on any atom is -0.334 e. The first kappa shape index (κ1) is 18.8. The normalized spacial score (nSPS) is 18.2. The van der Waals surface area contributed by atoms with E-state index in [0.717, 1.165) is 24.8 Å². The van der Waals surface area contributed by atoms with Gasteiger partial charge < -0.3 is 4.52 Å². The smallest absolute Gasteiger partial charge is 0.259 e. The molecule has 0 N–H and O–H groups in total. The maximum atomic E-state index is 12.8. The van der Waals surface area contributed by atoms with Crippen molar-refractivity contribution in [3.05, 3.63) is 60.7 Å². The van der Waals surface area contributed by atoms with Crippen molar-refractivity contribution in [2.24, 2.45) is 5.92 Å². The van der Waals surface area contributed by atoms with Crippen molar-refractivity contribution in [1.29, 1.82) is 0 Å². The number of aromatic nitrogens is 3. The van der Waals surface area contributed by atoms with E-state index in [0.29, 0.717) is 36.1 Å². The molecule has 1 aliphatic heterocycles. The molecular formula is C20H22N4O3S. The van der Waals surface area contributed by atoms with Crippen molar-refractivity contribution in [3.8, 4) is 11.5 Å². The van der Waals surface area contributed by atoms with Gasteiger partial charge in [-0.05, 0) is 49.4 Å². The van der Waals surface area contributed by atoms with Crippen molar-refractivity contribution in [1.82, 2.24) is 19.4 Å². The Morgan fingerprint density at radius 3 is 2.79 bits per heavy atom. The molecule has 1 saturated heterocycles. The number of rotatable bonds is 6. The molecule has 8 heteroatoms. The van der Waals surface area contributed by atoms with Crippen molar-refractivity contribution in [2.45, 2.75) is 30.6 Å². The van der Waals surface area contributed by atoms with Gasteiger partial charge in [-0.1, -0.05) is 23.4 Å². The molecule has 1 aromatic carbocycles. The fourth-order valence-electron chi connectivity index (χ4n) is 3.52. The van der Waals surface area contributed by atoms with E-state index in [-0.39, 0.29) is 5.92 Å². The second-order valence-corrected chi connectivity index (χ2v) is 8.92. The number of pyridine rings is 1. The third kappa shape index (κ3) is 4.13. The van der Waals surface area contributed by atoms with E-state index < -0.39 is 10.0 Å². The summed E-state index contributed by atoms with van der Waals surface area (Å²) in [6.45, 7) is 1.10. The van der Waals surface area contributed by atoms with Crippen molar-refractivity contribution in [2.75, 3.05) is 13.1 Å². The van der Waals surface area contributed by atoms with Gasteiger partial charge in [-0.15, -0.1) is 0 Å².